The van der Waals surface area contributed by atoms with Gasteiger partial charge in [-0.15, -0.1) is 0 Å². The van der Waals surface area contributed by atoms with Crippen molar-refractivity contribution in [3.63, 3.8) is 0 Å². The molecule has 0 radical (unpaired) electrons. The van der Waals surface area contributed by atoms with Crippen LogP contribution in [0.1, 0.15) is 17.3 Å². The Labute approximate surface area is 143 Å². The number of hydroxylamine groups is 1. The Morgan fingerprint density at radius 3 is 2.52 bits per heavy atom. The number of hydrogen-bond donors (Lipinski definition) is 2. The first-order chi connectivity index (χ1) is 10.9. The third-order valence-electron chi connectivity index (χ3n) is 2.81. The van der Waals surface area contributed by atoms with E-state index in [2.05, 4.69) is 26.1 Å². The summed E-state index contributed by atoms with van der Waals surface area (Å²) in [6.07, 6.45) is 0. The number of carbonyl (C=O) groups excluding carboxylic acids is 1. The molecule has 8 heteroatoms. The Balaban J connectivity index is 2.19. The number of halogens is 1. The van der Waals surface area contributed by atoms with E-state index in [4.69, 9.17) is 4.84 Å². The van der Waals surface area contributed by atoms with Crippen LogP contribution in [0.4, 0.5) is 5.69 Å². The lowest BCUT2D eigenvalue weighted by Gasteiger charge is -2.10. The first-order valence-corrected chi connectivity index (χ1v) is 9.00. The molecule has 0 aromatic heterocycles. The van der Waals surface area contributed by atoms with Gasteiger partial charge in [-0.25, -0.2) is 13.9 Å². The molecule has 0 aliphatic rings. The maximum absolute atomic E-state index is 12.3. The van der Waals surface area contributed by atoms with Gasteiger partial charge in [-0.05, 0) is 49.4 Å². The third kappa shape index (κ3) is 4.78. The Hall–Kier alpha value is -1.90. The van der Waals surface area contributed by atoms with Crippen molar-refractivity contribution in [1.29, 1.82) is 0 Å². The highest BCUT2D eigenvalue weighted by molar-refractivity contribution is 9.10. The Morgan fingerprint density at radius 1 is 1.17 bits per heavy atom. The predicted octanol–water partition coefficient (Wildman–Crippen LogP) is 2.93. The van der Waals surface area contributed by atoms with Crippen molar-refractivity contribution in [2.45, 2.75) is 11.8 Å². The molecule has 2 rings (SSSR count). The summed E-state index contributed by atoms with van der Waals surface area (Å²) in [7, 11) is -3.72. The Bertz CT molecular complexity index is 791. The minimum atomic E-state index is -3.72. The van der Waals surface area contributed by atoms with Crippen molar-refractivity contribution in [2.75, 3.05) is 11.3 Å². The third-order valence-corrected chi connectivity index (χ3v) is 4.74. The van der Waals surface area contributed by atoms with Gasteiger partial charge >= 0.3 is 0 Å². The Morgan fingerprint density at radius 2 is 1.87 bits per heavy atom. The SMILES string of the molecule is CCONC(=O)c1cccc(NS(=O)(=O)c2ccc(Br)cc2)c1. The lowest BCUT2D eigenvalue weighted by atomic mass is 10.2. The van der Waals surface area contributed by atoms with Crippen molar-refractivity contribution < 1.29 is 18.0 Å². The van der Waals surface area contributed by atoms with E-state index in [1.165, 1.54) is 18.2 Å². The predicted molar refractivity (Wildman–Crippen MR) is 90.5 cm³/mol. The van der Waals surface area contributed by atoms with Crippen molar-refractivity contribution in [3.8, 4) is 0 Å². The minimum Gasteiger partial charge on any atom is -0.280 e. The van der Waals surface area contributed by atoms with Gasteiger partial charge in [0.05, 0.1) is 11.5 Å². The van der Waals surface area contributed by atoms with Crippen LogP contribution >= 0.6 is 15.9 Å². The number of sulfonamides is 1. The van der Waals surface area contributed by atoms with Crippen LogP contribution in [0.3, 0.4) is 0 Å². The fourth-order valence-corrected chi connectivity index (χ4v) is 3.06. The first kappa shape index (κ1) is 17.5. The molecule has 0 aliphatic heterocycles. The van der Waals surface area contributed by atoms with Gasteiger partial charge in [0.2, 0.25) is 0 Å². The number of benzene rings is 2. The van der Waals surface area contributed by atoms with Crippen LogP contribution in [-0.2, 0) is 14.9 Å². The number of anilines is 1. The van der Waals surface area contributed by atoms with Gasteiger partial charge < -0.3 is 0 Å². The standard InChI is InChI=1S/C15H15BrN2O4S/c1-2-22-17-15(19)11-4-3-5-13(10-11)18-23(20,21)14-8-6-12(16)7-9-14/h3-10,18H,2H2,1H3,(H,17,19). The smallest absolute Gasteiger partial charge is 0.274 e. The molecule has 0 saturated carbocycles. The average Bonchev–Trinajstić information content (AvgIpc) is 2.53. The molecule has 0 bridgehead atoms. The van der Waals surface area contributed by atoms with Crippen molar-refractivity contribution in [2.24, 2.45) is 0 Å². The topological polar surface area (TPSA) is 84.5 Å². The van der Waals surface area contributed by atoms with Crippen LogP contribution in [0.15, 0.2) is 57.9 Å². The molecular weight excluding hydrogens is 384 g/mol. The number of amides is 1. The monoisotopic (exact) mass is 398 g/mol. The van der Waals surface area contributed by atoms with Gasteiger partial charge in [0.1, 0.15) is 0 Å². The maximum Gasteiger partial charge on any atom is 0.274 e. The first-order valence-electron chi connectivity index (χ1n) is 6.73. The zero-order valence-corrected chi connectivity index (χ0v) is 14.6. The maximum atomic E-state index is 12.3. The average molecular weight is 399 g/mol. The van der Waals surface area contributed by atoms with Gasteiger partial charge in [-0.2, -0.15) is 0 Å². The molecule has 0 aliphatic carbocycles. The molecule has 0 saturated heterocycles. The van der Waals surface area contributed by atoms with Gasteiger partial charge in [-0.3, -0.25) is 14.4 Å². The Kier molecular flexibility index (Phi) is 5.75. The number of carbonyl (C=O) groups is 1. The summed E-state index contributed by atoms with van der Waals surface area (Å²) in [5.41, 5.74) is 2.83. The zero-order chi connectivity index (χ0) is 16.9. The van der Waals surface area contributed by atoms with E-state index in [0.717, 1.165) is 4.47 Å². The molecule has 2 aromatic rings. The lowest BCUT2D eigenvalue weighted by Crippen LogP contribution is -2.23. The van der Waals surface area contributed by atoms with Crippen LogP contribution in [0.2, 0.25) is 0 Å². The summed E-state index contributed by atoms with van der Waals surface area (Å²) in [6.45, 7) is 2.07. The molecule has 0 fully saturated rings. The van der Waals surface area contributed by atoms with Gasteiger partial charge in [-0.1, -0.05) is 22.0 Å². The molecule has 2 aromatic carbocycles. The summed E-state index contributed by atoms with van der Waals surface area (Å²) >= 11 is 3.25. The van der Waals surface area contributed by atoms with Crippen molar-refractivity contribution in [3.05, 3.63) is 58.6 Å². The normalized spacial score (nSPS) is 11.0. The summed E-state index contributed by atoms with van der Waals surface area (Å²) in [5.74, 6) is -0.448. The van der Waals surface area contributed by atoms with E-state index in [9.17, 15) is 13.2 Å². The van der Waals surface area contributed by atoms with Crippen LogP contribution in [0, 0.1) is 0 Å². The highest BCUT2D eigenvalue weighted by Crippen LogP contribution is 2.19. The van der Waals surface area contributed by atoms with Crippen LogP contribution < -0.4 is 10.2 Å². The number of nitrogens with one attached hydrogen (secondary N) is 2. The van der Waals surface area contributed by atoms with Gasteiger partial charge in [0.15, 0.2) is 0 Å². The van der Waals surface area contributed by atoms with E-state index in [1.807, 2.05) is 0 Å². The fourth-order valence-electron chi connectivity index (χ4n) is 1.75. The van der Waals surface area contributed by atoms with E-state index in [-0.39, 0.29) is 16.1 Å². The minimum absolute atomic E-state index is 0.130. The highest BCUT2D eigenvalue weighted by Gasteiger charge is 2.15. The summed E-state index contributed by atoms with van der Waals surface area (Å²) in [5, 5.41) is 0. The lowest BCUT2D eigenvalue weighted by molar-refractivity contribution is 0.0364. The second-order valence-electron chi connectivity index (χ2n) is 4.50. The largest absolute Gasteiger partial charge is 0.280 e. The summed E-state index contributed by atoms with van der Waals surface area (Å²) < 4.78 is 27.9. The number of hydrogen-bond acceptors (Lipinski definition) is 4. The van der Waals surface area contributed by atoms with E-state index >= 15 is 0 Å². The van der Waals surface area contributed by atoms with Crippen LogP contribution in [0.5, 0.6) is 0 Å². The van der Waals surface area contributed by atoms with Crippen LogP contribution in [0.25, 0.3) is 0 Å². The highest BCUT2D eigenvalue weighted by atomic mass is 79.9. The second-order valence-corrected chi connectivity index (χ2v) is 7.10. The van der Waals surface area contributed by atoms with E-state index in [1.54, 1.807) is 37.3 Å². The molecule has 1 amide bonds. The number of rotatable bonds is 6. The van der Waals surface area contributed by atoms with Crippen molar-refractivity contribution >= 4 is 37.5 Å². The molecule has 2 N–H and O–H groups in total. The van der Waals surface area contributed by atoms with Crippen molar-refractivity contribution in [1.82, 2.24) is 5.48 Å². The molecule has 0 heterocycles. The summed E-state index contributed by atoms with van der Waals surface area (Å²) in [4.78, 5) is 16.8. The molecule has 23 heavy (non-hydrogen) atoms. The molecular formula is C15H15BrN2O4S. The van der Waals surface area contributed by atoms with Gasteiger partial charge in [0, 0.05) is 15.7 Å². The molecule has 122 valence electrons. The van der Waals surface area contributed by atoms with Crippen LogP contribution in [-0.4, -0.2) is 20.9 Å². The quantitative estimate of drug-likeness (QED) is 0.732. The zero-order valence-electron chi connectivity index (χ0n) is 12.2. The molecule has 0 spiro atoms. The molecule has 0 atom stereocenters. The summed E-state index contributed by atoms with van der Waals surface area (Å²) in [6, 6.07) is 12.4. The van der Waals surface area contributed by atoms with E-state index in [0.29, 0.717) is 6.61 Å². The second kappa shape index (κ2) is 7.58. The van der Waals surface area contributed by atoms with Gasteiger partial charge in [0.25, 0.3) is 15.9 Å². The van der Waals surface area contributed by atoms with E-state index < -0.39 is 15.9 Å². The molecule has 6 nitrogen and oxygen atoms in total. The fraction of sp³-hybridized carbons (Fsp3) is 0.133. The molecule has 0 unspecified atom stereocenters.